The number of nitrogens with two attached hydrogens (primary N) is 1. The molecule has 2 N–H and O–H groups in total. The second-order valence-corrected chi connectivity index (χ2v) is 6.07. The molecular weight excluding hydrogens is 206 g/mol. The lowest BCUT2D eigenvalue weighted by Gasteiger charge is -2.15. The van der Waals surface area contributed by atoms with Crippen LogP contribution in [0.4, 0.5) is 0 Å². The van der Waals surface area contributed by atoms with E-state index < -0.39 is 0 Å². The van der Waals surface area contributed by atoms with Crippen molar-refractivity contribution in [2.45, 2.75) is 36.5 Å². The molecule has 82 valence electrons. The Morgan fingerprint density at radius 1 is 1.47 bits per heavy atom. The SMILES string of the molecule is CC(CN)c1ccc2c(c1)OC(C)(C)S2. The van der Waals surface area contributed by atoms with E-state index in [2.05, 4.69) is 39.0 Å². The van der Waals surface area contributed by atoms with Gasteiger partial charge in [-0.3, -0.25) is 0 Å². The fourth-order valence-electron chi connectivity index (χ4n) is 1.68. The Hall–Kier alpha value is -0.670. The third-order valence-electron chi connectivity index (χ3n) is 2.60. The first-order valence-corrected chi connectivity index (χ1v) is 6.05. The van der Waals surface area contributed by atoms with Gasteiger partial charge in [0.15, 0.2) is 4.93 Å². The Morgan fingerprint density at radius 3 is 2.87 bits per heavy atom. The van der Waals surface area contributed by atoms with Crippen molar-refractivity contribution in [1.82, 2.24) is 0 Å². The maximum absolute atomic E-state index is 5.85. The lowest BCUT2D eigenvalue weighted by atomic mass is 10.0. The molecule has 0 saturated carbocycles. The van der Waals surface area contributed by atoms with Crippen LogP contribution >= 0.6 is 11.8 Å². The smallest absolute Gasteiger partial charge is 0.153 e. The zero-order valence-electron chi connectivity index (χ0n) is 9.41. The molecule has 0 spiro atoms. The molecule has 1 aromatic rings. The molecule has 0 radical (unpaired) electrons. The molecule has 0 amide bonds. The van der Waals surface area contributed by atoms with Crippen molar-refractivity contribution in [1.29, 1.82) is 0 Å². The zero-order valence-corrected chi connectivity index (χ0v) is 10.2. The second-order valence-electron chi connectivity index (χ2n) is 4.45. The van der Waals surface area contributed by atoms with Gasteiger partial charge in [-0.05, 0) is 44.0 Å². The lowest BCUT2D eigenvalue weighted by Crippen LogP contribution is -2.18. The predicted octanol–water partition coefficient (Wildman–Crippen LogP) is 2.97. The van der Waals surface area contributed by atoms with Crippen LogP contribution in [0.2, 0.25) is 0 Å². The Bertz CT molecular complexity index is 376. The molecule has 2 nitrogen and oxygen atoms in total. The van der Waals surface area contributed by atoms with E-state index in [-0.39, 0.29) is 4.93 Å². The number of fused-ring (bicyclic) bond motifs is 1. The average molecular weight is 223 g/mol. The average Bonchev–Trinajstić information content (AvgIpc) is 2.49. The molecule has 1 unspecified atom stereocenters. The maximum atomic E-state index is 5.85. The number of hydrogen-bond acceptors (Lipinski definition) is 3. The van der Waals surface area contributed by atoms with Gasteiger partial charge in [0.1, 0.15) is 5.75 Å². The molecule has 1 heterocycles. The van der Waals surface area contributed by atoms with Crippen LogP contribution in [0.5, 0.6) is 5.75 Å². The molecule has 0 saturated heterocycles. The minimum absolute atomic E-state index is 0.132. The standard InChI is InChI=1S/C12H17NOS/c1-8(7-13)9-4-5-11-10(6-9)14-12(2,3)15-11/h4-6,8H,7,13H2,1-3H3. The molecule has 15 heavy (non-hydrogen) atoms. The maximum Gasteiger partial charge on any atom is 0.153 e. The second kappa shape index (κ2) is 3.72. The van der Waals surface area contributed by atoms with Gasteiger partial charge in [0.25, 0.3) is 0 Å². The van der Waals surface area contributed by atoms with Crippen LogP contribution in [0.3, 0.4) is 0 Å². The number of hydrogen-bond donors (Lipinski definition) is 1. The van der Waals surface area contributed by atoms with E-state index in [1.54, 1.807) is 11.8 Å². The molecule has 1 aliphatic heterocycles. The Balaban J connectivity index is 2.30. The van der Waals surface area contributed by atoms with Crippen LogP contribution in [-0.4, -0.2) is 11.5 Å². The van der Waals surface area contributed by atoms with E-state index >= 15 is 0 Å². The van der Waals surface area contributed by atoms with Gasteiger partial charge in [-0.2, -0.15) is 0 Å². The minimum atomic E-state index is -0.132. The molecule has 1 aromatic carbocycles. The van der Waals surface area contributed by atoms with Gasteiger partial charge in [0.05, 0.1) is 4.90 Å². The summed E-state index contributed by atoms with van der Waals surface area (Å²) in [5, 5.41) is 0. The molecule has 1 atom stereocenters. The van der Waals surface area contributed by atoms with Gasteiger partial charge >= 0.3 is 0 Å². The molecule has 2 rings (SSSR count). The van der Waals surface area contributed by atoms with Crippen molar-refractivity contribution in [3.05, 3.63) is 23.8 Å². The first-order valence-electron chi connectivity index (χ1n) is 5.24. The van der Waals surface area contributed by atoms with Gasteiger partial charge in [0, 0.05) is 0 Å². The minimum Gasteiger partial charge on any atom is -0.476 e. The summed E-state index contributed by atoms with van der Waals surface area (Å²) in [6.07, 6.45) is 0. The van der Waals surface area contributed by atoms with Gasteiger partial charge < -0.3 is 10.5 Å². The number of thioether (sulfide) groups is 1. The number of ether oxygens (including phenoxy) is 1. The summed E-state index contributed by atoms with van der Waals surface area (Å²) in [6, 6.07) is 6.40. The molecule has 3 heteroatoms. The van der Waals surface area contributed by atoms with E-state index in [0.29, 0.717) is 12.5 Å². The summed E-state index contributed by atoms with van der Waals surface area (Å²) in [6.45, 7) is 6.98. The Kier molecular flexibility index (Phi) is 2.69. The summed E-state index contributed by atoms with van der Waals surface area (Å²) in [4.78, 5) is 1.10. The number of benzene rings is 1. The molecular formula is C12H17NOS. The Labute approximate surface area is 95.2 Å². The van der Waals surface area contributed by atoms with E-state index in [0.717, 1.165) is 5.75 Å². The fourth-order valence-corrected chi connectivity index (χ4v) is 2.68. The summed E-state index contributed by atoms with van der Waals surface area (Å²) in [7, 11) is 0. The van der Waals surface area contributed by atoms with Gasteiger partial charge in [-0.15, -0.1) is 0 Å². The monoisotopic (exact) mass is 223 g/mol. The highest BCUT2D eigenvalue weighted by Crippen LogP contribution is 2.47. The highest BCUT2D eigenvalue weighted by Gasteiger charge is 2.31. The van der Waals surface area contributed by atoms with Crippen molar-refractivity contribution in [3.63, 3.8) is 0 Å². The van der Waals surface area contributed by atoms with Crippen molar-refractivity contribution in [2.75, 3.05) is 6.54 Å². The first kappa shape index (κ1) is 10.8. The van der Waals surface area contributed by atoms with Crippen molar-refractivity contribution in [2.24, 2.45) is 5.73 Å². The Morgan fingerprint density at radius 2 is 2.20 bits per heavy atom. The van der Waals surface area contributed by atoms with Crippen LogP contribution < -0.4 is 10.5 Å². The largest absolute Gasteiger partial charge is 0.476 e. The summed E-state index contributed by atoms with van der Waals surface area (Å²) in [5.74, 6) is 1.40. The highest BCUT2D eigenvalue weighted by molar-refractivity contribution is 8.00. The molecule has 0 bridgehead atoms. The third-order valence-corrected chi connectivity index (χ3v) is 3.73. The van der Waals surface area contributed by atoms with Crippen molar-refractivity contribution < 1.29 is 4.74 Å². The topological polar surface area (TPSA) is 35.2 Å². The summed E-state index contributed by atoms with van der Waals surface area (Å²) < 4.78 is 5.85. The van der Waals surface area contributed by atoms with Crippen LogP contribution in [0.1, 0.15) is 32.3 Å². The summed E-state index contributed by atoms with van der Waals surface area (Å²) in [5.41, 5.74) is 6.92. The van der Waals surface area contributed by atoms with Gasteiger partial charge in [0.2, 0.25) is 0 Å². The normalized spacial score (nSPS) is 19.5. The third kappa shape index (κ3) is 2.13. The molecule has 0 aliphatic carbocycles. The van der Waals surface area contributed by atoms with Crippen LogP contribution in [0, 0.1) is 0 Å². The highest BCUT2D eigenvalue weighted by atomic mass is 32.2. The van der Waals surface area contributed by atoms with E-state index in [4.69, 9.17) is 10.5 Å². The predicted molar refractivity (Wildman–Crippen MR) is 64.5 cm³/mol. The molecule has 0 fully saturated rings. The first-order chi connectivity index (χ1) is 7.02. The van der Waals surface area contributed by atoms with Gasteiger partial charge in [-0.25, -0.2) is 0 Å². The lowest BCUT2D eigenvalue weighted by molar-refractivity contribution is 0.214. The van der Waals surface area contributed by atoms with Crippen LogP contribution in [-0.2, 0) is 0 Å². The zero-order chi connectivity index (χ0) is 11.1. The van der Waals surface area contributed by atoms with Crippen molar-refractivity contribution in [3.8, 4) is 5.75 Å². The van der Waals surface area contributed by atoms with Gasteiger partial charge in [-0.1, -0.05) is 24.8 Å². The van der Waals surface area contributed by atoms with Crippen LogP contribution in [0.15, 0.2) is 23.1 Å². The van der Waals surface area contributed by atoms with E-state index in [9.17, 15) is 0 Å². The van der Waals surface area contributed by atoms with Crippen LogP contribution in [0.25, 0.3) is 0 Å². The number of rotatable bonds is 2. The molecule has 0 aromatic heterocycles. The molecule has 1 aliphatic rings. The van der Waals surface area contributed by atoms with E-state index in [1.807, 2.05) is 0 Å². The quantitative estimate of drug-likeness (QED) is 0.837. The van der Waals surface area contributed by atoms with Crippen molar-refractivity contribution >= 4 is 11.8 Å². The van der Waals surface area contributed by atoms with E-state index in [1.165, 1.54) is 10.5 Å². The summed E-state index contributed by atoms with van der Waals surface area (Å²) >= 11 is 1.77. The fraction of sp³-hybridized carbons (Fsp3) is 0.500.